The molecule has 3 aromatic carbocycles. The number of halogens is 5. The summed E-state index contributed by atoms with van der Waals surface area (Å²) in [7, 11) is 0. The summed E-state index contributed by atoms with van der Waals surface area (Å²) in [6.45, 7) is 0.0245. The molecule has 2 saturated carbocycles. The van der Waals surface area contributed by atoms with E-state index in [-0.39, 0.29) is 52.5 Å². The third kappa shape index (κ3) is 5.33. The Morgan fingerprint density at radius 1 is 1.00 bits per heavy atom. The molecule has 2 aliphatic rings. The number of carbonyl (C=O) groups is 2. The molecule has 218 valence electrons. The van der Waals surface area contributed by atoms with Crippen molar-refractivity contribution in [3.63, 3.8) is 0 Å². The number of aliphatic carboxylic acids is 1. The first-order chi connectivity index (χ1) is 19.9. The largest absolute Gasteiger partial charge is 0.481 e. The standard InChI is InChI=1S/C30H25F5N4O3/c31-20-5-6-22(24(32)10-20)18-8-23(28(42)36-21-13-29(14-21)11-17(12-29)7-26(40)41)27-25(9-18)37-38-39(27)15-16-1-3-19(4-2-16)30(33,34)35/h1-6,8-10,17,21H,7,11-15H2,(H,36,42)(H,40,41). The predicted molar refractivity (Wildman–Crippen MR) is 141 cm³/mol. The van der Waals surface area contributed by atoms with Crippen molar-refractivity contribution < 1.29 is 36.6 Å². The van der Waals surface area contributed by atoms with Crippen molar-refractivity contribution in [1.82, 2.24) is 20.3 Å². The highest BCUT2D eigenvalue weighted by atomic mass is 19.4. The molecule has 0 bridgehead atoms. The van der Waals surface area contributed by atoms with E-state index < -0.39 is 35.3 Å². The van der Waals surface area contributed by atoms with E-state index in [2.05, 4.69) is 15.6 Å². The third-order valence-corrected chi connectivity index (χ3v) is 8.31. The van der Waals surface area contributed by atoms with Gasteiger partial charge in [0.05, 0.1) is 17.7 Å². The first kappa shape index (κ1) is 27.8. The van der Waals surface area contributed by atoms with Crippen molar-refractivity contribution in [3.8, 4) is 11.1 Å². The number of nitrogens with one attached hydrogen (secondary N) is 1. The fraction of sp³-hybridized carbons (Fsp3) is 0.333. The first-order valence-electron chi connectivity index (χ1n) is 13.4. The quantitative estimate of drug-likeness (QED) is 0.252. The van der Waals surface area contributed by atoms with Gasteiger partial charge in [0.25, 0.3) is 5.91 Å². The summed E-state index contributed by atoms with van der Waals surface area (Å²) in [6.07, 6.45) is -1.30. The minimum Gasteiger partial charge on any atom is -0.481 e. The van der Waals surface area contributed by atoms with Crippen molar-refractivity contribution in [1.29, 1.82) is 0 Å². The predicted octanol–water partition coefficient (Wildman–Crippen LogP) is 6.21. The second-order valence-corrected chi connectivity index (χ2v) is 11.4. The molecule has 2 aliphatic carbocycles. The van der Waals surface area contributed by atoms with Gasteiger partial charge in [-0.25, -0.2) is 13.5 Å². The Morgan fingerprint density at radius 3 is 2.36 bits per heavy atom. The van der Waals surface area contributed by atoms with Crippen molar-refractivity contribution >= 4 is 22.9 Å². The van der Waals surface area contributed by atoms with Crippen LogP contribution in [-0.2, 0) is 17.5 Å². The summed E-state index contributed by atoms with van der Waals surface area (Å²) in [4.78, 5) is 24.6. The summed E-state index contributed by atoms with van der Waals surface area (Å²) in [5, 5.41) is 20.3. The van der Waals surface area contributed by atoms with Crippen LogP contribution in [0, 0.1) is 23.0 Å². The normalized spacial score (nSPS) is 21.6. The van der Waals surface area contributed by atoms with Crippen LogP contribution in [0.4, 0.5) is 22.0 Å². The van der Waals surface area contributed by atoms with Gasteiger partial charge in [-0.1, -0.05) is 17.3 Å². The number of carboxylic acid groups (broad SMARTS) is 1. The maximum atomic E-state index is 14.7. The van der Waals surface area contributed by atoms with Crippen molar-refractivity contribution in [2.75, 3.05) is 0 Å². The van der Waals surface area contributed by atoms with E-state index in [1.165, 1.54) is 35.0 Å². The van der Waals surface area contributed by atoms with Gasteiger partial charge in [-0.2, -0.15) is 13.2 Å². The molecule has 1 spiro atoms. The van der Waals surface area contributed by atoms with Gasteiger partial charge in [-0.15, -0.1) is 5.10 Å². The number of rotatable bonds is 7. The highest BCUT2D eigenvalue weighted by Gasteiger charge is 2.53. The second-order valence-electron chi connectivity index (χ2n) is 11.4. The SMILES string of the molecule is O=C(O)CC1CC2(C1)CC(NC(=O)c1cc(-c3ccc(F)cc3F)cc3nnn(Cc4ccc(C(F)(F)F)cc4)c13)C2. The van der Waals surface area contributed by atoms with E-state index in [1.807, 2.05) is 0 Å². The zero-order valence-corrected chi connectivity index (χ0v) is 22.1. The van der Waals surface area contributed by atoms with Crippen LogP contribution in [0.2, 0.25) is 0 Å². The van der Waals surface area contributed by atoms with E-state index in [0.717, 1.165) is 37.1 Å². The highest BCUT2D eigenvalue weighted by molar-refractivity contribution is 6.06. The van der Waals surface area contributed by atoms with Crippen LogP contribution in [0.3, 0.4) is 0 Å². The van der Waals surface area contributed by atoms with E-state index in [9.17, 15) is 31.5 Å². The Hall–Kier alpha value is -4.35. The van der Waals surface area contributed by atoms with Crippen molar-refractivity contribution in [2.24, 2.45) is 11.3 Å². The third-order valence-electron chi connectivity index (χ3n) is 8.31. The number of hydrogen-bond donors (Lipinski definition) is 2. The fourth-order valence-corrected chi connectivity index (χ4v) is 6.49. The van der Waals surface area contributed by atoms with Gasteiger partial charge in [0.2, 0.25) is 0 Å². The highest BCUT2D eigenvalue weighted by Crippen LogP contribution is 2.59. The van der Waals surface area contributed by atoms with Gasteiger partial charge in [0.15, 0.2) is 0 Å². The average molecular weight is 585 g/mol. The zero-order chi connectivity index (χ0) is 29.8. The lowest BCUT2D eigenvalue weighted by Gasteiger charge is -2.57. The topological polar surface area (TPSA) is 97.1 Å². The molecule has 1 heterocycles. The van der Waals surface area contributed by atoms with Crippen LogP contribution >= 0.6 is 0 Å². The molecule has 0 radical (unpaired) electrons. The van der Waals surface area contributed by atoms with Crippen molar-refractivity contribution in [3.05, 3.63) is 82.9 Å². The number of aromatic nitrogens is 3. The Kier molecular flexibility index (Phi) is 6.74. The van der Waals surface area contributed by atoms with E-state index in [0.29, 0.717) is 23.9 Å². The number of fused-ring (bicyclic) bond motifs is 1. The van der Waals surface area contributed by atoms with Gasteiger partial charge in [-0.3, -0.25) is 9.59 Å². The average Bonchev–Trinajstić information content (AvgIpc) is 3.27. The monoisotopic (exact) mass is 584 g/mol. The molecule has 42 heavy (non-hydrogen) atoms. The van der Waals surface area contributed by atoms with E-state index in [4.69, 9.17) is 5.11 Å². The maximum absolute atomic E-state index is 14.7. The first-order valence-corrected chi connectivity index (χ1v) is 13.4. The summed E-state index contributed by atoms with van der Waals surface area (Å²) < 4.78 is 68.7. The van der Waals surface area contributed by atoms with Crippen LogP contribution < -0.4 is 5.32 Å². The van der Waals surface area contributed by atoms with Crippen LogP contribution in [0.5, 0.6) is 0 Å². The summed E-state index contributed by atoms with van der Waals surface area (Å²) in [5.74, 6) is -2.70. The molecular weight excluding hydrogens is 559 g/mol. The molecule has 12 heteroatoms. The number of amides is 1. The minimum absolute atomic E-state index is 0.0245. The van der Waals surface area contributed by atoms with Crippen molar-refractivity contribution in [2.45, 2.75) is 50.9 Å². The number of carboxylic acids is 1. The number of carbonyl (C=O) groups excluding carboxylic acids is 1. The summed E-state index contributed by atoms with van der Waals surface area (Å²) in [6, 6.07) is 10.5. The lowest BCUT2D eigenvalue weighted by Crippen LogP contribution is -2.56. The van der Waals surface area contributed by atoms with Crippen LogP contribution in [0.1, 0.15) is 53.6 Å². The summed E-state index contributed by atoms with van der Waals surface area (Å²) in [5.41, 5.74) is 0.807. The Balaban J connectivity index is 1.29. The molecule has 6 rings (SSSR count). The molecule has 2 fully saturated rings. The number of alkyl halides is 3. The Labute approximate surface area is 236 Å². The smallest absolute Gasteiger partial charge is 0.416 e. The number of benzene rings is 3. The van der Waals surface area contributed by atoms with Crippen LogP contribution in [0.15, 0.2) is 54.6 Å². The molecule has 7 nitrogen and oxygen atoms in total. The lowest BCUT2D eigenvalue weighted by atomic mass is 9.49. The second kappa shape index (κ2) is 10.2. The van der Waals surface area contributed by atoms with Gasteiger partial charge in [0, 0.05) is 24.1 Å². The Bertz CT molecular complexity index is 1690. The molecule has 2 N–H and O–H groups in total. The maximum Gasteiger partial charge on any atom is 0.416 e. The van der Waals surface area contributed by atoms with Gasteiger partial charge >= 0.3 is 12.1 Å². The zero-order valence-electron chi connectivity index (χ0n) is 22.1. The van der Waals surface area contributed by atoms with Crippen LogP contribution in [0.25, 0.3) is 22.2 Å². The fourth-order valence-electron chi connectivity index (χ4n) is 6.49. The molecule has 0 aliphatic heterocycles. The molecular formula is C30H25F5N4O3. The molecule has 0 saturated heterocycles. The molecule has 0 unspecified atom stereocenters. The minimum atomic E-state index is -4.48. The van der Waals surface area contributed by atoms with E-state index >= 15 is 0 Å². The molecule has 4 aromatic rings. The van der Waals surface area contributed by atoms with Gasteiger partial charge < -0.3 is 10.4 Å². The Morgan fingerprint density at radius 2 is 1.71 bits per heavy atom. The number of hydrogen-bond acceptors (Lipinski definition) is 4. The van der Waals surface area contributed by atoms with Gasteiger partial charge in [0.1, 0.15) is 22.7 Å². The van der Waals surface area contributed by atoms with Crippen LogP contribution in [-0.4, -0.2) is 38.0 Å². The summed E-state index contributed by atoms with van der Waals surface area (Å²) >= 11 is 0. The number of nitrogens with zero attached hydrogens (tertiary/aromatic N) is 3. The molecule has 1 amide bonds. The molecule has 1 aromatic heterocycles. The van der Waals surface area contributed by atoms with E-state index in [1.54, 1.807) is 0 Å². The van der Waals surface area contributed by atoms with Gasteiger partial charge in [-0.05, 0) is 84.5 Å². The molecule has 0 atom stereocenters. The lowest BCUT2D eigenvalue weighted by molar-refractivity contribution is -0.142.